The Hall–Kier alpha value is -3.32. The van der Waals surface area contributed by atoms with Crippen LogP contribution in [-0.4, -0.2) is 49.1 Å². The zero-order valence-electron chi connectivity index (χ0n) is 18.8. The third-order valence-corrected chi connectivity index (χ3v) is 5.91. The highest BCUT2D eigenvalue weighted by atomic mass is 16.5. The van der Waals surface area contributed by atoms with Gasteiger partial charge in [-0.25, -0.2) is 9.59 Å². The molecule has 1 saturated heterocycles. The summed E-state index contributed by atoms with van der Waals surface area (Å²) in [6.45, 7) is 4.34. The predicted molar refractivity (Wildman–Crippen MR) is 125 cm³/mol. The molecule has 2 heterocycles. The van der Waals surface area contributed by atoms with Gasteiger partial charge >= 0.3 is 11.7 Å². The summed E-state index contributed by atoms with van der Waals surface area (Å²) in [6.07, 6.45) is 2.10. The fourth-order valence-electron chi connectivity index (χ4n) is 3.94. The number of fused-ring (bicyclic) bond motifs is 1. The van der Waals surface area contributed by atoms with Gasteiger partial charge in [-0.05, 0) is 50.6 Å². The summed E-state index contributed by atoms with van der Waals surface area (Å²) in [5, 5.41) is 3.41. The van der Waals surface area contributed by atoms with Crippen LogP contribution in [0.5, 0.6) is 5.75 Å². The highest BCUT2D eigenvalue weighted by molar-refractivity contribution is 5.92. The number of likely N-dealkylation sites (tertiary alicyclic amines) is 1. The first-order valence-corrected chi connectivity index (χ1v) is 10.9. The molecule has 32 heavy (non-hydrogen) atoms. The van der Waals surface area contributed by atoms with Crippen molar-refractivity contribution in [1.82, 2.24) is 9.80 Å². The first-order chi connectivity index (χ1) is 15.4. The van der Waals surface area contributed by atoms with E-state index in [0.717, 1.165) is 48.2 Å². The van der Waals surface area contributed by atoms with Gasteiger partial charge in [0.15, 0.2) is 0 Å². The number of amides is 2. The van der Waals surface area contributed by atoms with E-state index in [0.29, 0.717) is 12.1 Å². The quantitative estimate of drug-likeness (QED) is 0.607. The van der Waals surface area contributed by atoms with E-state index in [4.69, 9.17) is 9.15 Å². The Kier molecular flexibility index (Phi) is 6.46. The molecule has 1 aromatic heterocycles. The van der Waals surface area contributed by atoms with E-state index in [1.54, 1.807) is 13.1 Å². The molecule has 7 heteroatoms. The Bertz CT molecular complexity index is 1150. The summed E-state index contributed by atoms with van der Waals surface area (Å²) >= 11 is 0. The van der Waals surface area contributed by atoms with E-state index in [1.165, 1.54) is 4.90 Å². The van der Waals surface area contributed by atoms with Gasteiger partial charge in [0.05, 0.1) is 0 Å². The van der Waals surface area contributed by atoms with Gasteiger partial charge in [-0.15, -0.1) is 0 Å². The lowest BCUT2D eigenvalue weighted by molar-refractivity contribution is 0.113. The Morgan fingerprint density at radius 3 is 2.62 bits per heavy atom. The average molecular weight is 436 g/mol. The Labute approximate surface area is 187 Å². The molecular weight excluding hydrogens is 406 g/mol. The number of carbonyl (C=O) groups is 1. The molecule has 2 aromatic carbocycles. The number of ether oxygens (including phenoxy) is 1. The molecule has 1 aliphatic heterocycles. The first kappa shape index (κ1) is 21.9. The summed E-state index contributed by atoms with van der Waals surface area (Å²) in [7, 11) is 3.80. The van der Waals surface area contributed by atoms with Gasteiger partial charge in [0.2, 0.25) is 0 Å². The molecule has 0 radical (unpaired) electrons. The molecule has 4 rings (SSSR count). The number of anilines is 1. The van der Waals surface area contributed by atoms with Gasteiger partial charge < -0.3 is 24.3 Å². The van der Waals surface area contributed by atoms with E-state index in [-0.39, 0.29) is 17.8 Å². The number of piperidine rings is 1. The summed E-state index contributed by atoms with van der Waals surface area (Å²) in [6, 6.07) is 14.7. The maximum absolute atomic E-state index is 12.6. The van der Waals surface area contributed by atoms with Crippen LogP contribution in [0.1, 0.15) is 24.0 Å². The normalized spacial score (nSPS) is 15.0. The van der Waals surface area contributed by atoms with Crippen LogP contribution in [0.4, 0.5) is 10.5 Å². The van der Waals surface area contributed by atoms with Crippen molar-refractivity contribution in [3.8, 4) is 5.75 Å². The molecule has 1 fully saturated rings. The van der Waals surface area contributed by atoms with Crippen LogP contribution >= 0.6 is 0 Å². The monoisotopic (exact) mass is 435 g/mol. The summed E-state index contributed by atoms with van der Waals surface area (Å²) < 4.78 is 11.8. The average Bonchev–Trinajstić information content (AvgIpc) is 2.79. The molecule has 7 nitrogen and oxygen atoms in total. The van der Waals surface area contributed by atoms with Gasteiger partial charge in [0, 0.05) is 37.6 Å². The second-order valence-electron chi connectivity index (χ2n) is 8.45. The molecule has 3 aromatic rings. The molecule has 0 bridgehead atoms. The van der Waals surface area contributed by atoms with Gasteiger partial charge in [0.1, 0.15) is 23.1 Å². The predicted octanol–water partition coefficient (Wildman–Crippen LogP) is 4.24. The van der Waals surface area contributed by atoms with Gasteiger partial charge in [-0.3, -0.25) is 0 Å². The van der Waals surface area contributed by atoms with Gasteiger partial charge in [-0.1, -0.05) is 30.3 Å². The standard InChI is InChI=1S/C25H29N3O4/c1-17-22(31-20-11-13-27(2)14-12-20)10-9-19-15-21(24(29)32-23(17)19)26-25(30)28(3)16-18-7-5-4-6-8-18/h4-10,15,20H,11-14,16H2,1-3H3,(H,26,30). The number of hydrogen-bond donors (Lipinski definition) is 1. The first-order valence-electron chi connectivity index (χ1n) is 10.9. The van der Waals surface area contributed by atoms with E-state index in [2.05, 4.69) is 17.3 Å². The van der Waals surface area contributed by atoms with Crippen LogP contribution in [0.3, 0.4) is 0 Å². The summed E-state index contributed by atoms with van der Waals surface area (Å²) in [4.78, 5) is 29.0. The van der Waals surface area contributed by atoms with Crippen molar-refractivity contribution in [2.24, 2.45) is 0 Å². The molecule has 168 valence electrons. The smallest absolute Gasteiger partial charge is 0.360 e. The molecular formula is C25H29N3O4. The van der Waals surface area contributed by atoms with E-state index < -0.39 is 5.63 Å². The maximum Gasteiger partial charge on any atom is 0.360 e. The minimum Gasteiger partial charge on any atom is -0.490 e. The third-order valence-electron chi connectivity index (χ3n) is 5.91. The number of nitrogens with zero attached hydrogens (tertiary/aromatic N) is 2. The second kappa shape index (κ2) is 9.44. The summed E-state index contributed by atoms with van der Waals surface area (Å²) in [5.41, 5.74) is 1.81. The van der Waals surface area contributed by atoms with Crippen LogP contribution in [-0.2, 0) is 6.54 Å². The number of nitrogens with one attached hydrogen (secondary N) is 1. The molecule has 0 aliphatic carbocycles. The van der Waals surface area contributed by atoms with Crippen molar-refractivity contribution < 1.29 is 13.9 Å². The number of carbonyl (C=O) groups excluding carboxylic acids is 1. The lowest BCUT2D eigenvalue weighted by Crippen LogP contribution is -2.35. The highest BCUT2D eigenvalue weighted by Crippen LogP contribution is 2.29. The lowest BCUT2D eigenvalue weighted by atomic mass is 10.1. The molecule has 0 spiro atoms. The van der Waals surface area contributed by atoms with Crippen LogP contribution in [0.25, 0.3) is 11.0 Å². The van der Waals surface area contributed by atoms with Crippen LogP contribution in [0, 0.1) is 6.92 Å². The largest absolute Gasteiger partial charge is 0.490 e. The van der Waals surface area contributed by atoms with Crippen molar-refractivity contribution in [3.05, 3.63) is 70.1 Å². The van der Waals surface area contributed by atoms with Crippen molar-refractivity contribution in [2.45, 2.75) is 32.4 Å². The van der Waals surface area contributed by atoms with Crippen LogP contribution in [0.15, 0.2) is 57.7 Å². The Morgan fingerprint density at radius 2 is 1.91 bits per heavy atom. The number of rotatable bonds is 5. The summed E-state index contributed by atoms with van der Waals surface area (Å²) in [5.74, 6) is 0.731. The number of hydrogen-bond acceptors (Lipinski definition) is 5. The molecule has 0 saturated carbocycles. The lowest BCUT2D eigenvalue weighted by Gasteiger charge is -2.29. The van der Waals surface area contributed by atoms with E-state index in [1.807, 2.05) is 49.4 Å². The minimum atomic E-state index is -0.585. The fraction of sp³-hybridized carbons (Fsp3) is 0.360. The zero-order valence-corrected chi connectivity index (χ0v) is 18.8. The maximum atomic E-state index is 12.6. The topological polar surface area (TPSA) is 75.0 Å². The van der Waals surface area contributed by atoms with Gasteiger partial charge in [-0.2, -0.15) is 0 Å². The van der Waals surface area contributed by atoms with Crippen molar-refractivity contribution in [1.29, 1.82) is 0 Å². The van der Waals surface area contributed by atoms with Gasteiger partial charge in [0.25, 0.3) is 0 Å². The van der Waals surface area contributed by atoms with Crippen LogP contribution < -0.4 is 15.7 Å². The second-order valence-corrected chi connectivity index (χ2v) is 8.45. The molecule has 1 N–H and O–H groups in total. The zero-order chi connectivity index (χ0) is 22.7. The van der Waals surface area contributed by atoms with E-state index >= 15 is 0 Å². The number of aryl methyl sites for hydroxylation is 1. The molecule has 0 unspecified atom stereocenters. The molecule has 1 aliphatic rings. The number of urea groups is 1. The highest BCUT2D eigenvalue weighted by Gasteiger charge is 2.20. The SMILES string of the molecule is Cc1c(OC2CCN(C)CC2)ccc2cc(NC(=O)N(C)Cc3ccccc3)c(=O)oc12. The molecule has 0 atom stereocenters. The fourth-order valence-corrected chi connectivity index (χ4v) is 3.94. The Morgan fingerprint density at radius 1 is 1.19 bits per heavy atom. The molecule has 2 amide bonds. The third kappa shape index (κ3) is 4.94. The van der Waals surface area contributed by atoms with Crippen LogP contribution in [0.2, 0.25) is 0 Å². The number of benzene rings is 2. The minimum absolute atomic E-state index is 0.116. The van der Waals surface area contributed by atoms with Crippen molar-refractivity contribution in [2.75, 3.05) is 32.5 Å². The van der Waals surface area contributed by atoms with E-state index in [9.17, 15) is 9.59 Å². The van der Waals surface area contributed by atoms with Crippen molar-refractivity contribution in [3.63, 3.8) is 0 Å². The Balaban J connectivity index is 1.49. The van der Waals surface area contributed by atoms with Crippen molar-refractivity contribution >= 4 is 22.7 Å².